The lowest BCUT2D eigenvalue weighted by atomic mass is 9.67. The summed E-state index contributed by atoms with van der Waals surface area (Å²) in [6, 6.07) is 76.3. The van der Waals surface area contributed by atoms with Gasteiger partial charge in [-0.2, -0.15) is 0 Å². The van der Waals surface area contributed by atoms with E-state index in [0.29, 0.717) is 17.5 Å². The molecule has 0 fully saturated rings. The van der Waals surface area contributed by atoms with Gasteiger partial charge in [0, 0.05) is 26.5 Å². The largest absolute Gasteiger partial charge is 0.208 e. The molecule has 0 unspecified atom stereocenters. The van der Waals surface area contributed by atoms with Crippen LogP contribution in [0.4, 0.5) is 0 Å². The average Bonchev–Trinajstić information content (AvgIpc) is 3.62. The molecule has 1 aromatic heterocycles. The van der Waals surface area contributed by atoms with Gasteiger partial charge in [0.1, 0.15) is 0 Å². The van der Waals surface area contributed by atoms with E-state index in [1.165, 1.54) is 65.1 Å². The predicted molar refractivity (Wildman–Crippen MR) is 246 cm³/mol. The predicted octanol–water partition coefficient (Wildman–Crippen LogP) is 14.2. The second-order valence-electron chi connectivity index (χ2n) is 15.5. The molecule has 0 N–H and O–H groups in total. The van der Waals surface area contributed by atoms with Crippen LogP contribution >= 0.6 is 11.8 Å². The fourth-order valence-electron chi connectivity index (χ4n) is 9.47. The van der Waals surface area contributed by atoms with Crippen LogP contribution in [0.2, 0.25) is 0 Å². The van der Waals surface area contributed by atoms with Gasteiger partial charge in [0.2, 0.25) is 0 Å². The Morgan fingerprint density at radius 1 is 0.300 bits per heavy atom. The third-order valence-corrected chi connectivity index (χ3v) is 13.4. The SMILES string of the molecule is c1ccc(-c2nc(-c3ccc(-c4ccc5ccccc5c4)cc3)nc(-c3ccc(-c4cccc5c4-c4ccccc4C54c5ccccc5Sc5ccccc54)cc3)n2)cc1. The van der Waals surface area contributed by atoms with Crippen LogP contribution < -0.4 is 0 Å². The van der Waals surface area contributed by atoms with Crippen molar-refractivity contribution < 1.29 is 0 Å². The maximum atomic E-state index is 5.11. The maximum absolute atomic E-state index is 5.11. The molecule has 10 aromatic rings. The molecule has 3 nitrogen and oxygen atoms in total. The third kappa shape index (κ3) is 5.42. The van der Waals surface area contributed by atoms with Gasteiger partial charge in [-0.1, -0.05) is 206 Å². The summed E-state index contributed by atoms with van der Waals surface area (Å²) in [5.74, 6) is 1.92. The molecule has 0 atom stereocenters. The Hall–Kier alpha value is -7.40. The van der Waals surface area contributed by atoms with E-state index in [1.807, 2.05) is 30.0 Å². The van der Waals surface area contributed by atoms with Gasteiger partial charge < -0.3 is 0 Å². The first-order valence-corrected chi connectivity index (χ1v) is 21.2. The number of benzene rings is 9. The van der Waals surface area contributed by atoms with Crippen molar-refractivity contribution in [3.05, 3.63) is 235 Å². The lowest BCUT2D eigenvalue weighted by Gasteiger charge is -2.39. The van der Waals surface area contributed by atoms with Gasteiger partial charge in [0.25, 0.3) is 0 Å². The number of fused-ring (bicyclic) bond motifs is 10. The molecule has 12 rings (SSSR count). The normalized spacial score (nSPS) is 13.1. The van der Waals surface area contributed by atoms with E-state index in [0.717, 1.165) is 27.8 Å². The monoisotopic (exact) mass is 781 g/mol. The fourth-order valence-corrected chi connectivity index (χ4v) is 10.7. The van der Waals surface area contributed by atoms with E-state index in [1.54, 1.807) is 0 Å². The number of hydrogen-bond acceptors (Lipinski definition) is 4. The summed E-state index contributed by atoms with van der Waals surface area (Å²) in [7, 11) is 0. The Bertz CT molecular complexity index is 3240. The second-order valence-corrected chi connectivity index (χ2v) is 16.6. The van der Waals surface area contributed by atoms with E-state index >= 15 is 0 Å². The molecule has 2 heterocycles. The number of nitrogens with zero attached hydrogens (tertiary/aromatic N) is 3. The number of hydrogen-bond donors (Lipinski definition) is 0. The average molecular weight is 782 g/mol. The van der Waals surface area contributed by atoms with Crippen molar-refractivity contribution in [2.24, 2.45) is 0 Å². The van der Waals surface area contributed by atoms with Gasteiger partial charge in [-0.25, -0.2) is 15.0 Å². The molecular weight excluding hydrogens is 747 g/mol. The first-order chi connectivity index (χ1) is 29.7. The summed E-state index contributed by atoms with van der Waals surface area (Å²) >= 11 is 1.88. The van der Waals surface area contributed by atoms with Gasteiger partial charge in [0.05, 0.1) is 5.41 Å². The summed E-state index contributed by atoms with van der Waals surface area (Å²) in [5.41, 5.74) is 15.0. The molecule has 9 aromatic carbocycles. The smallest absolute Gasteiger partial charge is 0.164 e. The molecule has 0 saturated heterocycles. The van der Waals surface area contributed by atoms with Crippen LogP contribution in [-0.4, -0.2) is 15.0 Å². The van der Waals surface area contributed by atoms with Gasteiger partial charge in [-0.05, 0) is 84.6 Å². The minimum absolute atomic E-state index is 0.414. The Morgan fingerprint density at radius 3 is 1.43 bits per heavy atom. The molecule has 0 amide bonds. The first kappa shape index (κ1) is 34.6. The van der Waals surface area contributed by atoms with Crippen molar-refractivity contribution in [2.45, 2.75) is 15.2 Å². The fraction of sp³-hybridized carbons (Fsp3) is 0.0179. The van der Waals surface area contributed by atoms with Crippen molar-refractivity contribution >= 4 is 22.5 Å². The van der Waals surface area contributed by atoms with E-state index in [-0.39, 0.29) is 0 Å². The standard InChI is InChI=1S/C56H35N3S/c1-2-14-39(15-3-1)53-57-54(40-30-25-37(26-31-40)43-34-27-36-13-4-5-16-42(36)35-43)59-55(58-53)41-32-28-38(29-33-41)44-18-12-22-49-52(44)45-17-6-7-19-46(45)56(49)47-20-8-10-23-50(47)60-51-24-11-9-21-48(51)56/h1-35H. The first-order valence-electron chi connectivity index (χ1n) is 20.3. The van der Waals surface area contributed by atoms with E-state index in [9.17, 15) is 0 Å². The van der Waals surface area contributed by atoms with E-state index in [2.05, 4.69) is 194 Å². The molecular formula is C56H35N3S. The van der Waals surface area contributed by atoms with Crippen LogP contribution in [-0.2, 0) is 5.41 Å². The molecule has 2 aliphatic rings. The molecule has 60 heavy (non-hydrogen) atoms. The van der Waals surface area contributed by atoms with Crippen LogP contribution in [0.5, 0.6) is 0 Å². The molecule has 4 heteroatoms. The highest BCUT2D eigenvalue weighted by molar-refractivity contribution is 7.99. The second kappa shape index (κ2) is 13.9. The molecule has 0 radical (unpaired) electrons. The molecule has 0 saturated carbocycles. The number of rotatable bonds is 5. The summed E-state index contributed by atoms with van der Waals surface area (Å²) in [5, 5.41) is 2.46. The zero-order chi connectivity index (χ0) is 39.6. The molecule has 280 valence electrons. The van der Waals surface area contributed by atoms with Crippen molar-refractivity contribution in [3.63, 3.8) is 0 Å². The topological polar surface area (TPSA) is 38.7 Å². The quantitative estimate of drug-likeness (QED) is 0.174. The highest BCUT2D eigenvalue weighted by atomic mass is 32.2. The Balaban J connectivity index is 0.957. The van der Waals surface area contributed by atoms with Crippen molar-refractivity contribution in [2.75, 3.05) is 0 Å². The number of aromatic nitrogens is 3. The van der Waals surface area contributed by atoms with Gasteiger partial charge >= 0.3 is 0 Å². The summed E-state index contributed by atoms with van der Waals surface area (Å²) in [4.78, 5) is 17.8. The molecule has 1 aliphatic carbocycles. The maximum Gasteiger partial charge on any atom is 0.164 e. The van der Waals surface area contributed by atoms with Crippen LogP contribution in [0.25, 0.3) is 78.3 Å². The van der Waals surface area contributed by atoms with Crippen LogP contribution in [0.3, 0.4) is 0 Å². The minimum atomic E-state index is -0.414. The van der Waals surface area contributed by atoms with Gasteiger partial charge in [-0.3, -0.25) is 0 Å². The zero-order valence-corrected chi connectivity index (χ0v) is 33.3. The third-order valence-electron chi connectivity index (χ3n) is 12.2. The molecule has 1 aliphatic heterocycles. The minimum Gasteiger partial charge on any atom is -0.208 e. The molecule has 0 bridgehead atoms. The highest BCUT2D eigenvalue weighted by Crippen LogP contribution is 2.63. The Kier molecular flexibility index (Phi) is 8.00. The Morgan fingerprint density at radius 2 is 0.767 bits per heavy atom. The van der Waals surface area contributed by atoms with Crippen molar-refractivity contribution in [3.8, 4) is 67.5 Å². The lowest BCUT2D eigenvalue weighted by molar-refractivity contribution is 0.722. The van der Waals surface area contributed by atoms with Crippen molar-refractivity contribution in [1.29, 1.82) is 0 Å². The Labute approximate surface area is 353 Å². The van der Waals surface area contributed by atoms with Gasteiger partial charge in [-0.15, -0.1) is 0 Å². The van der Waals surface area contributed by atoms with Crippen LogP contribution in [0.15, 0.2) is 222 Å². The van der Waals surface area contributed by atoms with Crippen molar-refractivity contribution in [1.82, 2.24) is 15.0 Å². The van der Waals surface area contributed by atoms with Crippen LogP contribution in [0, 0.1) is 0 Å². The van der Waals surface area contributed by atoms with E-state index < -0.39 is 5.41 Å². The summed E-state index contributed by atoms with van der Waals surface area (Å²) in [6.07, 6.45) is 0. The van der Waals surface area contributed by atoms with E-state index in [4.69, 9.17) is 15.0 Å². The highest BCUT2D eigenvalue weighted by Gasteiger charge is 2.50. The summed E-state index contributed by atoms with van der Waals surface area (Å²) in [6.45, 7) is 0. The zero-order valence-electron chi connectivity index (χ0n) is 32.5. The lowest BCUT2D eigenvalue weighted by Crippen LogP contribution is -2.31. The molecule has 1 spiro atoms. The van der Waals surface area contributed by atoms with Crippen LogP contribution in [0.1, 0.15) is 22.3 Å². The summed E-state index contributed by atoms with van der Waals surface area (Å²) < 4.78 is 0. The van der Waals surface area contributed by atoms with Gasteiger partial charge in [0.15, 0.2) is 17.5 Å².